The summed E-state index contributed by atoms with van der Waals surface area (Å²) in [4.78, 5) is 25.5. The fourth-order valence-corrected chi connectivity index (χ4v) is 5.06. The number of likely N-dealkylation sites (N-methyl/N-ethyl adjacent to an activating group) is 2. The summed E-state index contributed by atoms with van der Waals surface area (Å²) in [6.07, 6.45) is 12.3. The highest BCUT2D eigenvalue weighted by Crippen LogP contribution is 2.38. The van der Waals surface area contributed by atoms with Crippen molar-refractivity contribution >= 4 is 39.0 Å². The fourth-order valence-electron chi connectivity index (χ4n) is 5.06. The van der Waals surface area contributed by atoms with Crippen LogP contribution in [-0.2, 0) is 0 Å². The number of carbonyl (C=O) groups excluding carboxylic acids is 1. The van der Waals surface area contributed by atoms with E-state index in [4.69, 9.17) is 0 Å². The molecule has 0 aliphatic heterocycles. The number of benzene rings is 1. The number of hydrogen-bond acceptors (Lipinski definition) is 6. The lowest BCUT2D eigenvalue weighted by molar-refractivity contribution is 0.0798. The lowest BCUT2D eigenvalue weighted by atomic mass is 9.75. The summed E-state index contributed by atoms with van der Waals surface area (Å²) < 4.78 is 0. The van der Waals surface area contributed by atoms with Crippen molar-refractivity contribution in [1.82, 2.24) is 25.1 Å². The van der Waals surface area contributed by atoms with Crippen molar-refractivity contribution in [3.63, 3.8) is 0 Å². The van der Waals surface area contributed by atoms with Crippen molar-refractivity contribution in [2.24, 2.45) is 11.3 Å². The van der Waals surface area contributed by atoms with E-state index < -0.39 is 5.41 Å². The molecule has 0 radical (unpaired) electrons. The first-order valence-corrected chi connectivity index (χ1v) is 13.3. The third-order valence-corrected chi connectivity index (χ3v) is 7.67. The van der Waals surface area contributed by atoms with Gasteiger partial charge in [0.15, 0.2) is 0 Å². The Morgan fingerprint density at radius 2 is 2.08 bits per heavy atom. The minimum atomic E-state index is -0.419. The number of allylic oxidation sites excluding steroid dienone is 4. The molecule has 1 aromatic carbocycles. The first-order valence-electron chi connectivity index (χ1n) is 13.3. The van der Waals surface area contributed by atoms with Crippen LogP contribution in [0.4, 0.5) is 5.69 Å². The molecule has 0 spiro atoms. The summed E-state index contributed by atoms with van der Waals surface area (Å²) in [6, 6.07) is 12.3. The summed E-state index contributed by atoms with van der Waals surface area (Å²) in [5, 5.41) is 19.4. The van der Waals surface area contributed by atoms with Crippen LogP contribution in [0.1, 0.15) is 43.2 Å². The largest absolute Gasteiger partial charge is 0.370 e. The van der Waals surface area contributed by atoms with E-state index in [0.29, 0.717) is 18.7 Å². The average molecular weight is 520 g/mol. The van der Waals surface area contributed by atoms with E-state index in [1.807, 2.05) is 33.2 Å². The summed E-state index contributed by atoms with van der Waals surface area (Å²) in [5.41, 5.74) is 4.96. The van der Waals surface area contributed by atoms with Gasteiger partial charge in [0.1, 0.15) is 5.69 Å². The predicted octanol–water partition coefficient (Wildman–Crippen LogP) is 5.61. The Hall–Kier alpha value is -4.51. The van der Waals surface area contributed by atoms with Gasteiger partial charge in [-0.05, 0) is 69.0 Å². The number of nitrogens with one attached hydrogen (secondary N) is 1. The number of nitrogens with zero attached hydrogens (tertiary/aromatic N) is 6. The Balaban J connectivity index is 1.42. The number of carbonyl (C=O) groups is 1. The molecule has 5 rings (SSSR count). The van der Waals surface area contributed by atoms with E-state index >= 15 is 0 Å². The Morgan fingerprint density at radius 1 is 1.23 bits per heavy atom. The zero-order valence-corrected chi connectivity index (χ0v) is 22.8. The van der Waals surface area contributed by atoms with Crippen LogP contribution < -0.4 is 4.90 Å². The molecule has 1 aliphatic carbocycles. The quantitative estimate of drug-likeness (QED) is 0.324. The van der Waals surface area contributed by atoms with Gasteiger partial charge in [0.25, 0.3) is 5.91 Å². The molecule has 39 heavy (non-hydrogen) atoms. The number of pyridine rings is 2. The van der Waals surface area contributed by atoms with E-state index in [-0.39, 0.29) is 11.8 Å². The second-order valence-electron chi connectivity index (χ2n) is 10.6. The molecule has 3 aromatic heterocycles. The maximum Gasteiger partial charge on any atom is 0.255 e. The molecule has 198 valence electrons. The van der Waals surface area contributed by atoms with Crippen molar-refractivity contribution in [3.8, 4) is 6.07 Å². The smallest absolute Gasteiger partial charge is 0.255 e. The first kappa shape index (κ1) is 26.1. The molecule has 1 amide bonds. The molecule has 8 heteroatoms. The van der Waals surface area contributed by atoms with Crippen molar-refractivity contribution in [2.45, 2.75) is 27.2 Å². The van der Waals surface area contributed by atoms with E-state index in [2.05, 4.69) is 68.4 Å². The number of aromatic amines is 1. The average Bonchev–Trinajstić information content (AvgIpc) is 3.42. The number of amides is 1. The molecule has 1 atom stereocenters. The summed E-state index contributed by atoms with van der Waals surface area (Å²) in [5.74, 6) is 0.128. The molecule has 3 heterocycles. The highest BCUT2D eigenvalue weighted by atomic mass is 16.2. The van der Waals surface area contributed by atoms with Crippen LogP contribution in [0.5, 0.6) is 0 Å². The Bertz CT molecular complexity index is 1610. The maximum atomic E-state index is 12.8. The Labute approximate surface area is 228 Å². The SMILES string of the molecule is CCN(CCN(C)C(=O)c1cccnc1)c1ccc2ncc3[nH]nc(C4=CCC(C(C)(C)C#N)C=C4)c3c2c1. The van der Waals surface area contributed by atoms with E-state index in [0.717, 1.165) is 51.7 Å². The normalized spacial score (nSPS) is 15.3. The monoisotopic (exact) mass is 519 g/mol. The molecular weight excluding hydrogens is 486 g/mol. The predicted molar refractivity (Wildman–Crippen MR) is 155 cm³/mol. The molecule has 0 fully saturated rings. The van der Waals surface area contributed by atoms with Crippen molar-refractivity contribution in [1.29, 1.82) is 5.26 Å². The number of nitriles is 1. The highest BCUT2D eigenvalue weighted by Gasteiger charge is 2.28. The molecule has 1 N–H and O–H groups in total. The van der Waals surface area contributed by atoms with Crippen molar-refractivity contribution in [3.05, 3.63) is 78.4 Å². The fraction of sp³-hybridized carbons (Fsp3) is 0.323. The number of fused-ring (bicyclic) bond motifs is 3. The minimum absolute atomic E-state index is 0.0409. The Kier molecular flexibility index (Phi) is 7.16. The highest BCUT2D eigenvalue weighted by molar-refractivity contribution is 6.10. The molecular formula is C31H33N7O. The third-order valence-electron chi connectivity index (χ3n) is 7.67. The standard InChI is InChI=1S/C31H33N7O/c1-5-38(16-15-37(4)30(39)22-7-6-14-33-18-22)24-12-13-26-25(17-24)28-27(19-34-26)35-36-29(28)21-8-10-23(11-9-21)31(2,3)20-32/h6-10,12-14,17-19,23H,5,11,15-16H2,1-4H3,(H,35,36). The van der Waals surface area contributed by atoms with Crippen LogP contribution in [0.15, 0.2) is 67.2 Å². The minimum Gasteiger partial charge on any atom is -0.370 e. The number of anilines is 1. The van der Waals surface area contributed by atoms with E-state index in [1.165, 1.54) is 0 Å². The summed E-state index contributed by atoms with van der Waals surface area (Å²) >= 11 is 0. The second-order valence-corrected chi connectivity index (χ2v) is 10.6. The van der Waals surface area contributed by atoms with Crippen LogP contribution in [0.2, 0.25) is 0 Å². The second kappa shape index (κ2) is 10.7. The van der Waals surface area contributed by atoms with Gasteiger partial charge in [0.05, 0.1) is 34.3 Å². The Morgan fingerprint density at radius 3 is 2.77 bits per heavy atom. The first-order chi connectivity index (χ1) is 18.8. The topological polar surface area (TPSA) is 102 Å². The van der Waals surface area contributed by atoms with E-state index in [1.54, 1.807) is 29.4 Å². The van der Waals surface area contributed by atoms with Gasteiger partial charge in [-0.1, -0.05) is 18.2 Å². The third kappa shape index (κ3) is 5.13. The van der Waals surface area contributed by atoms with Gasteiger partial charge in [0.2, 0.25) is 0 Å². The van der Waals surface area contributed by atoms with Gasteiger partial charge >= 0.3 is 0 Å². The number of rotatable bonds is 8. The molecule has 8 nitrogen and oxygen atoms in total. The van der Waals surface area contributed by atoms with Gasteiger partial charge in [-0.15, -0.1) is 0 Å². The van der Waals surface area contributed by atoms with Crippen LogP contribution in [0.3, 0.4) is 0 Å². The maximum absolute atomic E-state index is 12.8. The van der Waals surface area contributed by atoms with Crippen LogP contribution in [0, 0.1) is 22.7 Å². The van der Waals surface area contributed by atoms with Crippen molar-refractivity contribution < 1.29 is 4.79 Å². The van der Waals surface area contributed by atoms with E-state index in [9.17, 15) is 10.1 Å². The molecule has 0 saturated carbocycles. The molecule has 0 bridgehead atoms. The lowest BCUT2D eigenvalue weighted by Gasteiger charge is -2.27. The van der Waals surface area contributed by atoms with Gasteiger partial charge in [-0.2, -0.15) is 10.4 Å². The van der Waals surface area contributed by atoms with Gasteiger partial charge < -0.3 is 9.80 Å². The molecule has 1 aliphatic rings. The van der Waals surface area contributed by atoms with Gasteiger partial charge in [-0.25, -0.2) is 0 Å². The zero-order valence-electron chi connectivity index (χ0n) is 22.8. The number of aromatic nitrogens is 4. The summed E-state index contributed by atoms with van der Waals surface area (Å²) in [7, 11) is 1.82. The van der Waals surface area contributed by atoms with Crippen LogP contribution in [0.25, 0.3) is 27.4 Å². The number of hydrogen-bond donors (Lipinski definition) is 1. The molecule has 4 aromatic rings. The molecule has 1 unspecified atom stereocenters. The van der Waals surface area contributed by atoms with Crippen LogP contribution in [-0.4, -0.2) is 57.7 Å². The van der Waals surface area contributed by atoms with Crippen molar-refractivity contribution in [2.75, 3.05) is 31.6 Å². The summed E-state index contributed by atoms with van der Waals surface area (Å²) in [6.45, 7) is 8.15. The van der Waals surface area contributed by atoms with Gasteiger partial charge in [-0.3, -0.25) is 19.9 Å². The lowest BCUT2D eigenvalue weighted by Crippen LogP contribution is -2.36. The molecule has 0 saturated heterocycles. The zero-order chi connectivity index (χ0) is 27.6. The van der Waals surface area contributed by atoms with Crippen LogP contribution >= 0.6 is 0 Å². The number of H-pyrrole nitrogens is 1. The van der Waals surface area contributed by atoms with Gasteiger partial charge in [0, 0.05) is 55.5 Å².